The van der Waals surface area contributed by atoms with E-state index in [1.54, 1.807) is 12.1 Å². The molecule has 0 amide bonds. The molecule has 174 valence electrons. The van der Waals surface area contributed by atoms with Crippen molar-refractivity contribution in [1.29, 1.82) is 0 Å². The smallest absolute Gasteiger partial charge is 0.346 e. The lowest BCUT2D eigenvalue weighted by molar-refractivity contribution is -0.385. The molecular formula is C25H24N3O5P. The van der Waals surface area contributed by atoms with Gasteiger partial charge in [-0.3, -0.25) is 19.2 Å². The summed E-state index contributed by atoms with van der Waals surface area (Å²) in [6, 6.07) is 20.6. The number of rotatable bonds is 8. The zero-order chi connectivity index (χ0) is 23.3. The average molecular weight is 477 g/mol. The summed E-state index contributed by atoms with van der Waals surface area (Å²) in [4.78, 5) is 11.4. The van der Waals surface area contributed by atoms with Gasteiger partial charge in [-0.05, 0) is 47.7 Å². The standard InChI is InChI=1S/C25H24N3O5P/c29-28(30)23-11-9-21-22(10-12-24(21)33-34(31,26-13-14-26)27-15-16-27)25(23)32-20-8-4-7-19(17-20)18-5-2-1-3-6-18/h1-9,11,17,24H,10,12-16H2. The first-order valence-corrected chi connectivity index (χ1v) is 13.0. The van der Waals surface area contributed by atoms with Crippen LogP contribution < -0.4 is 4.74 Å². The maximum Gasteiger partial charge on any atom is 0.346 e. The Morgan fingerprint density at radius 3 is 2.29 bits per heavy atom. The molecular weight excluding hydrogens is 453 g/mol. The van der Waals surface area contributed by atoms with Crippen molar-refractivity contribution in [2.45, 2.75) is 18.9 Å². The molecule has 0 N–H and O–H groups in total. The van der Waals surface area contributed by atoms with E-state index in [1.807, 2.05) is 57.9 Å². The molecule has 0 bridgehead atoms. The van der Waals surface area contributed by atoms with E-state index in [0.717, 1.165) is 48.4 Å². The van der Waals surface area contributed by atoms with Crippen molar-refractivity contribution in [3.05, 3.63) is 88.0 Å². The summed E-state index contributed by atoms with van der Waals surface area (Å²) >= 11 is 0. The molecule has 0 spiro atoms. The van der Waals surface area contributed by atoms with Crippen molar-refractivity contribution in [3.8, 4) is 22.6 Å². The Kier molecular flexibility index (Phi) is 5.26. The van der Waals surface area contributed by atoms with Crippen molar-refractivity contribution in [2.24, 2.45) is 0 Å². The Hall–Kier alpha value is -3.03. The fraction of sp³-hybridized carbons (Fsp3) is 0.280. The van der Waals surface area contributed by atoms with Gasteiger partial charge < -0.3 is 4.74 Å². The minimum atomic E-state index is -3.01. The van der Waals surface area contributed by atoms with Crippen LogP contribution in [0.15, 0.2) is 66.7 Å². The Morgan fingerprint density at radius 1 is 0.912 bits per heavy atom. The highest BCUT2D eigenvalue weighted by Crippen LogP contribution is 2.64. The monoisotopic (exact) mass is 477 g/mol. The second-order valence-electron chi connectivity index (χ2n) is 8.77. The number of nitro groups is 1. The van der Waals surface area contributed by atoms with Gasteiger partial charge >= 0.3 is 13.4 Å². The minimum Gasteiger partial charge on any atom is -0.450 e. The number of nitro benzene ring substituents is 1. The van der Waals surface area contributed by atoms with Crippen LogP contribution in [0.2, 0.25) is 0 Å². The van der Waals surface area contributed by atoms with Gasteiger partial charge in [0, 0.05) is 37.8 Å². The lowest BCUT2D eigenvalue weighted by atomic mass is 10.1. The van der Waals surface area contributed by atoms with Gasteiger partial charge in [0.2, 0.25) is 5.75 Å². The first kappa shape index (κ1) is 21.5. The molecule has 1 atom stereocenters. The number of hydrogen-bond donors (Lipinski definition) is 0. The van der Waals surface area contributed by atoms with Crippen LogP contribution in [0, 0.1) is 10.1 Å². The maximum absolute atomic E-state index is 13.5. The molecule has 2 fully saturated rings. The molecule has 2 saturated heterocycles. The fourth-order valence-electron chi connectivity index (χ4n) is 4.55. The highest BCUT2D eigenvalue weighted by Gasteiger charge is 2.51. The Labute approximate surface area is 197 Å². The van der Waals surface area contributed by atoms with Crippen molar-refractivity contribution < 1.29 is 18.7 Å². The van der Waals surface area contributed by atoms with E-state index in [-0.39, 0.29) is 17.5 Å². The summed E-state index contributed by atoms with van der Waals surface area (Å²) in [6.45, 7) is 3.11. The highest BCUT2D eigenvalue weighted by atomic mass is 31.2. The van der Waals surface area contributed by atoms with Gasteiger partial charge in [0.05, 0.1) is 11.0 Å². The van der Waals surface area contributed by atoms with Gasteiger partial charge in [0.15, 0.2) is 0 Å². The highest BCUT2D eigenvalue weighted by molar-refractivity contribution is 7.54. The quantitative estimate of drug-likeness (QED) is 0.176. The fourth-order valence-corrected chi connectivity index (χ4v) is 6.91. The third kappa shape index (κ3) is 3.93. The summed E-state index contributed by atoms with van der Waals surface area (Å²) in [7, 11) is -3.01. The van der Waals surface area contributed by atoms with Crippen LogP contribution in [0.3, 0.4) is 0 Å². The van der Waals surface area contributed by atoms with Crippen LogP contribution in [0.5, 0.6) is 11.5 Å². The molecule has 1 aliphatic carbocycles. The van der Waals surface area contributed by atoms with Gasteiger partial charge in [0.25, 0.3) is 0 Å². The Balaban J connectivity index is 1.33. The van der Waals surface area contributed by atoms with Gasteiger partial charge in [-0.1, -0.05) is 42.5 Å². The van der Waals surface area contributed by atoms with Crippen LogP contribution in [0.1, 0.15) is 23.7 Å². The first-order valence-electron chi connectivity index (χ1n) is 11.5. The summed E-state index contributed by atoms with van der Waals surface area (Å²) in [5.74, 6) is 0.771. The predicted octanol–water partition coefficient (Wildman–Crippen LogP) is 5.80. The van der Waals surface area contributed by atoms with Gasteiger partial charge in [-0.25, -0.2) is 9.34 Å². The lowest BCUT2D eigenvalue weighted by Gasteiger charge is -2.24. The van der Waals surface area contributed by atoms with Crippen molar-refractivity contribution in [2.75, 3.05) is 26.2 Å². The maximum atomic E-state index is 13.5. The number of benzene rings is 3. The van der Waals surface area contributed by atoms with Crippen molar-refractivity contribution in [3.63, 3.8) is 0 Å². The molecule has 0 saturated carbocycles. The lowest BCUT2D eigenvalue weighted by Crippen LogP contribution is -2.11. The van der Waals surface area contributed by atoms with Gasteiger partial charge in [-0.2, -0.15) is 0 Å². The van der Waals surface area contributed by atoms with Crippen LogP contribution >= 0.6 is 7.67 Å². The summed E-state index contributed by atoms with van der Waals surface area (Å²) < 4.78 is 29.7. The van der Waals surface area contributed by atoms with Crippen molar-refractivity contribution in [1.82, 2.24) is 9.34 Å². The number of ether oxygens (including phenoxy) is 1. The minimum absolute atomic E-state index is 0.0791. The molecule has 9 heteroatoms. The van der Waals surface area contributed by atoms with Crippen LogP contribution in [0.25, 0.3) is 11.1 Å². The van der Waals surface area contributed by atoms with Crippen LogP contribution in [0.4, 0.5) is 5.69 Å². The molecule has 0 radical (unpaired) electrons. The molecule has 2 heterocycles. The molecule has 3 aromatic carbocycles. The Bertz CT molecular complexity index is 1290. The third-order valence-corrected chi connectivity index (χ3v) is 9.22. The topological polar surface area (TPSA) is 84.7 Å². The zero-order valence-corrected chi connectivity index (χ0v) is 19.4. The molecule has 1 unspecified atom stereocenters. The largest absolute Gasteiger partial charge is 0.450 e. The SMILES string of the molecule is O=[N+]([O-])c1ccc2c(c1Oc1cccc(-c3ccccc3)c1)CCC2OP(=O)(N1CC1)N1CC1. The molecule has 3 aliphatic rings. The van der Waals surface area contributed by atoms with E-state index in [1.165, 1.54) is 6.07 Å². The van der Waals surface area contributed by atoms with Gasteiger partial charge in [0.1, 0.15) is 5.75 Å². The number of hydrogen-bond acceptors (Lipinski definition) is 5. The first-order chi connectivity index (χ1) is 16.5. The molecule has 34 heavy (non-hydrogen) atoms. The third-order valence-electron chi connectivity index (χ3n) is 6.46. The van der Waals surface area contributed by atoms with E-state index in [0.29, 0.717) is 18.6 Å². The number of fused-ring (bicyclic) bond motifs is 1. The van der Waals surface area contributed by atoms with Crippen LogP contribution in [-0.4, -0.2) is 40.4 Å². The summed E-state index contributed by atoms with van der Waals surface area (Å²) in [5, 5.41) is 11.8. The molecule has 0 aromatic heterocycles. The van der Waals surface area contributed by atoms with Gasteiger partial charge in [-0.15, -0.1) is 0 Å². The van der Waals surface area contributed by atoms with E-state index >= 15 is 0 Å². The predicted molar refractivity (Wildman–Crippen MR) is 128 cm³/mol. The van der Waals surface area contributed by atoms with Crippen LogP contribution in [-0.2, 0) is 15.5 Å². The second kappa shape index (κ2) is 8.32. The van der Waals surface area contributed by atoms with E-state index in [2.05, 4.69) is 0 Å². The van der Waals surface area contributed by atoms with E-state index in [4.69, 9.17) is 9.26 Å². The molecule has 2 aliphatic heterocycles. The number of nitrogens with zero attached hydrogens (tertiary/aromatic N) is 3. The zero-order valence-electron chi connectivity index (χ0n) is 18.5. The molecule has 8 nitrogen and oxygen atoms in total. The summed E-state index contributed by atoms with van der Waals surface area (Å²) in [6.07, 6.45) is 0.804. The Morgan fingerprint density at radius 2 is 1.62 bits per heavy atom. The van der Waals surface area contributed by atoms with E-state index in [9.17, 15) is 14.7 Å². The molecule has 6 rings (SSSR count). The van der Waals surface area contributed by atoms with E-state index < -0.39 is 12.6 Å². The molecule has 3 aromatic rings. The second-order valence-corrected chi connectivity index (χ2v) is 11.1. The van der Waals surface area contributed by atoms with Crippen molar-refractivity contribution >= 4 is 13.4 Å². The normalized spacial score (nSPS) is 19.6. The summed E-state index contributed by atoms with van der Waals surface area (Å²) in [5.41, 5.74) is 3.50. The average Bonchev–Trinajstić information content (AvgIpc) is 3.77.